The monoisotopic (exact) mass is 252 g/mol. The van der Waals surface area contributed by atoms with Gasteiger partial charge in [-0.1, -0.05) is 0 Å². The Morgan fingerprint density at radius 2 is 1.27 bits per heavy atom. The topological polar surface area (TPSA) is 57.2 Å². The van der Waals surface area contributed by atoms with Gasteiger partial charge in [0.1, 0.15) is 0 Å². The van der Waals surface area contributed by atoms with Crippen molar-refractivity contribution in [3.8, 4) is 0 Å². The molecule has 0 atom stereocenters. The summed E-state index contributed by atoms with van der Waals surface area (Å²) in [7, 11) is -6.86. The van der Waals surface area contributed by atoms with E-state index in [4.69, 9.17) is 0 Å². The second-order valence-corrected chi connectivity index (χ2v) is 3.85. The molecule has 0 spiro atoms. The first-order valence-corrected chi connectivity index (χ1v) is 4.25. The van der Waals surface area contributed by atoms with E-state index in [2.05, 4.69) is 0 Å². The van der Waals surface area contributed by atoms with E-state index in [9.17, 15) is 39.3 Å². The van der Waals surface area contributed by atoms with Crippen molar-refractivity contribution in [3.05, 3.63) is 0 Å². The van der Waals surface area contributed by atoms with E-state index in [0.29, 0.717) is 0 Å². The third-order valence-electron chi connectivity index (χ3n) is 1.23. The summed E-state index contributed by atoms with van der Waals surface area (Å²) in [4.78, 5) is 0. The van der Waals surface area contributed by atoms with E-state index < -0.39 is 34.1 Å². The quantitative estimate of drug-likeness (QED) is 0.346. The second kappa shape index (κ2) is 4.16. The minimum absolute atomic E-state index is 0. The van der Waals surface area contributed by atoms with Gasteiger partial charge in [-0.25, -0.2) is 8.42 Å². The second-order valence-electron chi connectivity index (χ2n) is 2.43. The van der Waals surface area contributed by atoms with Gasteiger partial charge >= 0.3 is 36.0 Å². The maximum absolute atomic E-state index is 12.1. The molecule has 11 heteroatoms. The Kier molecular flexibility index (Phi) is 4.85. The van der Waals surface area contributed by atoms with Crippen molar-refractivity contribution < 1.29 is 58.2 Å². The van der Waals surface area contributed by atoms with Gasteiger partial charge in [-0.2, -0.15) is 26.3 Å². The summed E-state index contributed by atoms with van der Waals surface area (Å²) in [5, 5.41) is -6.35. The fourth-order valence-corrected chi connectivity index (χ4v) is 0.906. The molecule has 0 amide bonds. The number of hydrogen-bond acceptors (Lipinski definition) is 3. The van der Waals surface area contributed by atoms with Crippen LogP contribution in [0.15, 0.2) is 0 Å². The van der Waals surface area contributed by atoms with Gasteiger partial charge in [0.25, 0.3) is 0 Å². The average molecular weight is 252 g/mol. The smallest absolute Gasteiger partial charge is 0.743 e. The third kappa shape index (κ3) is 2.81. The van der Waals surface area contributed by atoms with Crippen molar-refractivity contribution in [1.82, 2.24) is 0 Å². The number of hydrogen-bond donors (Lipinski definition) is 0. The van der Waals surface area contributed by atoms with Crippen LogP contribution in [0, 0.1) is 0 Å². The van der Waals surface area contributed by atoms with E-state index in [-0.39, 0.29) is 18.9 Å². The Hall–Kier alpha value is 0.0874. The van der Waals surface area contributed by atoms with Gasteiger partial charge in [-0.15, -0.1) is 0 Å². The predicted molar refractivity (Wildman–Crippen MR) is 30.2 cm³/mol. The Morgan fingerprint density at radius 3 is 1.33 bits per heavy atom. The fraction of sp³-hybridized carbons (Fsp3) is 1.00. The summed E-state index contributed by atoms with van der Waals surface area (Å²) in [6.45, 7) is -0.619. The van der Waals surface area contributed by atoms with Crippen LogP contribution < -0.4 is 18.9 Å². The molecule has 0 N–H and O–H groups in total. The van der Waals surface area contributed by atoms with Crippen LogP contribution in [0.5, 0.6) is 0 Å². The number of alkyl halides is 6. The number of rotatable bonds is 3. The molecule has 0 aliphatic heterocycles. The van der Waals surface area contributed by atoms with Gasteiger partial charge in [0, 0.05) is 6.92 Å². The first-order chi connectivity index (χ1) is 5.75. The normalized spacial score (nSPS) is 14.7. The molecule has 86 valence electrons. The molecule has 3 nitrogen and oxygen atoms in total. The molecule has 0 saturated heterocycles. The van der Waals surface area contributed by atoms with Crippen LogP contribution in [0.4, 0.5) is 26.3 Å². The fourth-order valence-electron chi connectivity index (χ4n) is 0.413. The van der Waals surface area contributed by atoms with Gasteiger partial charge in [0.05, 0.1) is 0 Å². The van der Waals surface area contributed by atoms with Crippen LogP contribution >= 0.6 is 0 Å². The molecule has 0 aliphatic rings. The van der Waals surface area contributed by atoms with Crippen LogP contribution in [0.1, 0.15) is 6.92 Å². The zero-order chi connectivity index (χ0) is 12.0. The molecule has 0 aliphatic carbocycles. The largest absolute Gasteiger partial charge is 1.00 e. The van der Waals surface area contributed by atoms with Crippen molar-refractivity contribution in [3.63, 3.8) is 0 Å². The van der Waals surface area contributed by atoms with E-state index in [0.717, 1.165) is 0 Å². The molecule has 0 rings (SSSR count). The third-order valence-corrected chi connectivity index (χ3v) is 2.12. The first-order valence-electron chi connectivity index (χ1n) is 2.84. The van der Waals surface area contributed by atoms with Gasteiger partial charge < -0.3 is 4.55 Å². The molecule has 0 heterocycles. The van der Waals surface area contributed by atoms with E-state index in [1.54, 1.807) is 0 Å². The Balaban J connectivity index is 0. The predicted octanol–water partition coefficient (Wildman–Crippen LogP) is -1.58. The number of halogens is 6. The molecule has 0 aromatic rings. The van der Waals surface area contributed by atoms with Crippen molar-refractivity contribution in [2.75, 3.05) is 0 Å². The van der Waals surface area contributed by atoms with Crippen molar-refractivity contribution in [1.29, 1.82) is 0 Å². The summed E-state index contributed by atoms with van der Waals surface area (Å²) < 4.78 is 101. The van der Waals surface area contributed by atoms with Crippen LogP contribution in [0.2, 0.25) is 0 Å². The Bertz CT molecular complexity index is 320. The van der Waals surface area contributed by atoms with Crippen LogP contribution in [-0.4, -0.2) is 30.1 Å². The SMILES string of the molecule is CC(F)(F)C(F)(F)C(F)(F)S(=O)(=O)[O-].[Li+]. The van der Waals surface area contributed by atoms with Gasteiger partial charge in [0.2, 0.25) is 0 Å². The van der Waals surface area contributed by atoms with Crippen LogP contribution in [-0.2, 0) is 10.1 Å². The summed E-state index contributed by atoms with van der Waals surface area (Å²) in [5.41, 5.74) is 0. The maximum Gasteiger partial charge on any atom is 1.00 e. The molecular formula is C4H3F6LiO3S. The van der Waals surface area contributed by atoms with E-state index >= 15 is 0 Å². The first kappa shape index (κ1) is 17.5. The van der Waals surface area contributed by atoms with E-state index in [1.807, 2.05) is 0 Å². The van der Waals surface area contributed by atoms with E-state index in [1.165, 1.54) is 0 Å². The van der Waals surface area contributed by atoms with Gasteiger partial charge in [-0.05, 0) is 0 Å². The van der Waals surface area contributed by atoms with Gasteiger partial charge in [0.15, 0.2) is 10.1 Å². The molecular weight excluding hydrogens is 249 g/mol. The molecule has 0 unspecified atom stereocenters. The van der Waals surface area contributed by atoms with Crippen LogP contribution in [0.3, 0.4) is 0 Å². The standard InChI is InChI=1S/C4H4F6O3S.Li/c1-2(5,6)3(7,8)4(9,10)14(11,12)13;/h1H3,(H,11,12,13);/q;+1/p-1. The summed E-state index contributed by atoms with van der Waals surface area (Å²) in [5.74, 6) is -11.6. The molecule has 0 saturated carbocycles. The summed E-state index contributed by atoms with van der Waals surface area (Å²) >= 11 is 0. The molecule has 15 heavy (non-hydrogen) atoms. The zero-order valence-electron chi connectivity index (χ0n) is 7.40. The average Bonchev–Trinajstić information content (AvgIpc) is 1.81. The minimum atomic E-state index is -6.86. The minimum Gasteiger partial charge on any atom is -0.743 e. The Labute approximate surface area is 92.8 Å². The van der Waals surface area contributed by atoms with Crippen molar-refractivity contribution in [2.45, 2.75) is 24.0 Å². The molecule has 0 fully saturated rings. The molecule has 0 aromatic heterocycles. The zero-order valence-corrected chi connectivity index (χ0v) is 8.22. The molecule has 0 radical (unpaired) electrons. The maximum atomic E-state index is 12.1. The van der Waals surface area contributed by atoms with Gasteiger partial charge in [-0.3, -0.25) is 0 Å². The van der Waals surface area contributed by atoms with Crippen molar-refractivity contribution in [2.24, 2.45) is 0 Å². The summed E-state index contributed by atoms with van der Waals surface area (Å²) in [6, 6.07) is 0. The van der Waals surface area contributed by atoms with Crippen LogP contribution in [0.25, 0.3) is 0 Å². The molecule has 0 bridgehead atoms. The summed E-state index contributed by atoms with van der Waals surface area (Å²) in [6.07, 6.45) is 0. The Morgan fingerprint density at radius 1 is 1.00 bits per heavy atom. The van der Waals surface area contributed by atoms with Crippen molar-refractivity contribution >= 4 is 10.1 Å². The molecule has 0 aromatic carbocycles.